The summed E-state index contributed by atoms with van der Waals surface area (Å²) in [7, 11) is 0. The molecule has 0 amide bonds. The summed E-state index contributed by atoms with van der Waals surface area (Å²) in [5.74, 6) is 0.329. The molecule has 5 atom stereocenters. The third-order valence-electron chi connectivity index (χ3n) is 5.40. The van der Waals surface area contributed by atoms with Crippen LogP contribution in [-0.4, -0.2) is 18.4 Å². The minimum Gasteiger partial charge on any atom is -0.465 e. The van der Waals surface area contributed by atoms with Crippen molar-refractivity contribution in [3.63, 3.8) is 0 Å². The molecular weight excluding hydrogens is 264 g/mol. The maximum Gasteiger partial charge on any atom is 0.320 e. The lowest BCUT2D eigenvalue weighted by atomic mass is 9.59. The number of Topliss-reactive ketones (excluding diaryl/α,β-unsaturated/α-hetero) is 1. The zero-order valence-electron chi connectivity index (χ0n) is 13.9. The highest BCUT2D eigenvalue weighted by atomic mass is 16.5. The molecule has 0 heterocycles. The Balaban J connectivity index is 2.55. The predicted molar refractivity (Wildman–Crippen MR) is 82.7 cm³/mol. The highest BCUT2D eigenvalue weighted by Gasteiger charge is 2.65. The monoisotopic (exact) mass is 292 g/mol. The van der Waals surface area contributed by atoms with Gasteiger partial charge in [0.25, 0.3) is 0 Å². The van der Waals surface area contributed by atoms with Crippen molar-refractivity contribution in [2.45, 2.75) is 53.9 Å². The van der Waals surface area contributed by atoms with Crippen LogP contribution in [0.4, 0.5) is 0 Å². The van der Waals surface area contributed by atoms with Crippen molar-refractivity contribution in [1.29, 1.82) is 0 Å². The van der Waals surface area contributed by atoms with Gasteiger partial charge < -0.3 is 4.74 Å². The summed E-state index contributed by atoms with van der Waals surface area (Å²) in [6, 6.07) is 0. The van der Waals surface area contributed by atoms with Gasteiger partial charge in [-0.05, 0) is 51.9 Å². The summed E-state index contributed by atoms with van der Waals surface area (Å²) < 4.78 is 5.38. The number of esters is 1. The van der Waals surface area contributed by atoms with Gasteiger partial charge >= 0.3 is 5.97 Å². The smallest absolute Gasteiger partial charge is 0.320 e. The third-order valence-corrected chi connectivity index (χ3v) is 5.40. The number of hydrogen-bond donors (Lipinski definition) is 0. The van der Waals surface area contributed by atoms with E-state index in [1.165, 1.54) is 5.57 Å². The molecular formula is C18H28O3. The summed E-state index contributed by atoms with van der Waals surface area (Å²) in [4.78, 5) is 25.9. The Labute approximate surface area is 128 Å². The van der Waals surface area contributed by atoms with E-state index < -0.39 is 5.41 Å². The molecule has 2 saturated carbocycles. The number of hydrogen-bond acceptors (Lipinski definition) is 3. The molecule has 2 aliphatic carbocycles. The Morgan fingerprint density at radius 2 is 2.00 bits per heavy atom. The van der Waals surface area contributed by atoms with E-state index >= 15 is 0 Å². The topological polar surface area (TPSA) is 43.4 Å². The number of ketones is 1. The van der Waals surface area contributed by atoms with E-state index in [9.17, 15) is 9.59 Å². The van der Waals surface area contributed by atoms with Gasteiger partial charge in [-0.1, -0.05) is 25.5 Å². The maximum atomic E-state index is 13.1. The number of carbonyl (C=O) groups excluding carboxylic acids is 2. The molecule has 3 heteroatoms. The molecule has 0 spiro atoms. The summed E-state index contributed by atoms with van der Waals surface area (Å²) >= 11 is 0. The van der Waals surface area contributed by atoms with Gasteiger partial charge in [0.1, 0.15) is 5.41 Å². The molecule has 0 saturated heterocycles. The second-order valence-electron chi connectivity index (χ2n) is 7.10. The Morgan fingerprint density at radius 3 is 2.57 bits per heavy atom. The van der Waals surface area contributed by atoms with E-state index in [0.29, 0.717) is 12.5 Å². The summed E-state index contributed by atoms with van der Waals surface area (Å²) in [5.41, 5.74) is 0.243. The van der Waals surface area contributed by atoms with Gasteiger partial charge in [0.05, 0.1) is 6.61 Å². The lowest BCUT2D eigenvalue weighted by Crippen LogP contribution is -2.53. The van der Waals surface area contributed by atoms with Gasteiger partial charge in [-0.2, -0.15) is 0 Å². The minimum atomic E-state index is -0.926. The van der Waals surface area contributed by atoms with Gasteiger partial charge in [0.2, 0.25) is 0 Å². The zero-order valence-corrected chi connectivity index (χ0v) is 13.9. The first kappa shape index (κ1) is 16.3. The molecule has 2 rings (SSSR count). The fourth-order valence-electron chi connectivity index (χ4n) is 4.58. The Bertz CT molecular complexity index is 461. The van der Waals surface area contributed by atoms with Crippen molar-refractivity contribution in [2.75, 3.05) is 6.61 Å². The van der Waals surface area contributed by atoms with Crippen LogP contribution in [0.15, 0.2) is 11.6 Å². The second kappa shape index (κ2) is 5.94. The number of carbonyl (C=O) groups is 2. The van der Waals surface area contributed by atoms with Crippen LogP contribution in [0.5, 0.6) is 0 Å². The molecule has 0 aliphatic heterocycles. The predicted octanol–water partition coefficient (Wildman–Crippen LogP) is 3.77. The molecule has 2 fully saturated rings. The first-order valence-electron chi connectivity index (χ1n) is 8.22. The number of rotatable bonds is 3. The average Bonchev–Trinajstić information content (AvgIpc) is 2.67. The lowest BCUT2D eigenvalue weighted by molar-refractivity contribution is -0.169. The number of fused-ring (bicyclic) bond motifs is 1. The van der Waals surface area contributed by atoms with Gasteiger partial charge in [-0.3, -0.25) is 9.59 Å². The quantitative estimate of drug-likeness (QED) is 0.452. The molecule has 0 N–H and O–H groups in total. The summed E-state index contributed by atoms with van der Waals surface area (Å²) in [6.45, 7) is 10.4. The van der Waals surface area contributed by atoms with Gasteiger partial charge in [0.15, 0.2) is 5.78 Å². The van der Waals surface area contributed by atoms with Crippen molar-refractivity contribution in [2.24, 2.45) is 29.1 Å². The van der Waals surface area contributed by atoms with Gasteiger partial charge in [-0.15, -0.1) is 0 Å². The number of allylic oxidation sites excluding steroid dienone is 2. The van der Waals surface area contributed by atoms with Crippen molar-refractivity contribution < 1.29 is 14.3 Å². The van der Waals surface area contributed by atoms with Crippen LogP contribution in [0.1, 0.15) is 53.9 Å². The first-order chi connectivity index (χ1) is 9.85. The highest BCUT2D eigenvalue weighted by Crippen LogP contribution is 2.58. The molecule has 3 nitrogen and oxygen atoms in total. The SMILES string of the molecule is CCOC(=O)C12C(=O)C(C)CCC1C(C)CC2C=C(C)C. The van der Waals surface area contributed by atoms with E-state index in [4.69, 9.17) is 4.74 Å². The minimum absolute atomic E-state index is 0.00296. The fraction of sp³-hybridized carbons (Fsp3) is 0.778. The summed E-state index contributed by atoms with van der Waals surface area (Å²) in [5, 5.41) is 0. The van der Waals surface area contributed by atoms with E-state index in [2.05, 4.69) is 13.0 Å². The zero-order chi connectivity index (χ0) is 15.8. The maximum absolute atomic E-state index is 13.1. The van der Waals surface area contributed by atoms with Crippen LogP contribution in [0.2, 0.25) is 0 Å². The molecule has 0 radical (unpaired) electrons. The van der Waals surface area contributed by atoms with Crippen molar-refractivity contribution in [1.82, 2.24) is 0 Å². The molecule has 2 aliphatic rings. The second-order valence-corrected chi connectivity index (χ2v) is 7.10. The van der Waals surface area contributed by atoms with Crippen LogP contribution < -0.4 is 0 Å². The van der Waals surface area contributed by atoms with Gasteiger partial charge in [-0.25, -0.2) is 0 Å². The molecule has 0 aromatic carbocycles. The molecule has 0 aromatic heterocycles. The van der Waals surface area contributed by atoms with Gasteiger partial charge in [0, 0.05) is 11.8 Å². The average molecular weight is 292 g/mol. The van der Waals surface area contributed by atoms with Crippen LogP contribution in [0.3, 0.4) is 0 Å². The highest BCUT2D eigenvalue weighted by molar-refractivity contribution is 6.06. The molecule has 0 aromatic rings. The van der Waals surface area contributed by atoms with Crippen molar-refractivity contribution in [3.8, 4) is 0 Å². The molecule has 118 valence electrons. The van der Waals surface area contributed by atoms with Crippen LogP contribution in [0.25, 0.3) is 0 Å². The van der Waals surface area contributed by atoms with Crippen LogP contribution in [-0.2, 0) is 14.3 Å². The normalized spacial score (nSPS) is 38.8. The molecule has 5 unspecified atom stereocenters. The third kappa shape index (κ3) is 2.45. The van der Waals surface area contributed by atoms with E-state index in [0.717, 1.165) is 19.3 Å². The molecule has 0 bridgehead atoms. The fourth-order valence-corrected chi connectivity index (χ4v) is 4.58. The Kier molecular flexibility index (Phi) is 4.60. The van der Waals surface area contributed by atoms with Crippen LogP contribution >= 0.6 is 0 Å². The van der Waals surface area contributed by atoms with E-state index in [1.807, 2.05) is 27.7 Å². The van der Waals surface area contributed by atoms with Crippen molar-refractivity contribution >= 4 is 11.8 Å². The lowest BCUT2D eigenvalue weighted by Gasteiger charge is -2.42. The van der Waals surface area contributed by atoms with E-state index in [-0.39, 0.29) is 29.5 Å². The Morgan fingerprint density at radius 1 is 1.33 bits per heavy atom. The first-order valence-corrected chi connectivity index (χ1v) is 8.22. The van der Waals surface area contributed by atoms with Crippen LogP contribution in [0, 0.1) is 29.1 Å². The molecule has 21 heavy (non-hydrogen) atoms. The summed E-state index contributed by atoms with van der Waals surface area (Å²) in [6.07, 6.45) is 4.90. The van der Waals surface area contributed by atoms with Crippen molar-refractivity contribution in [3.05, 3.63) is 11.6 Å². The Hall–Kier alpha value is -1.12. The standard InChI is InChI=1S/C18H28O3/c1-6-21-17(20)18-14(9-11(2)3)10-13(5)15(18)8-7-12(4)16(18)19/h9,12-15H,6-8,10H2,1-5H3. The van der Waals surface area contributed by atoms with E-state index in [1.54, 1.807) is 0 Å². The largest absolute Gasteiger partial charge is 0.465 e. The number of ether oxygens (including phenoxy) is 1.